The molecule has 7 heteroatoms. The standard InChI is InChI=1S/C18H21ClN2O3S/c1-13-6-4-5-7-17(13)21(25(3,23)24)11-10-18(22)20-16-9-8-15(19)12-14(16)2/h4-9,12H,10-11H2,1-3H3,(H,20,22). The van der Waals surface area contributed by atoms with Crippen LogP contribution in [0.2, 0.25) is 5.02 Å². The molecule has 0 unspecified atom stereocenters. The van der Waals surface area contributed by atoms with Crippen molar-refractivity contribution in [3.8, 4) is 0 Å². The first kappa shape index (κ1) is 19.3. The van der Waals surface area contributed by atoms with E-state index in [0.717, 1.165) is 17.4 Å². The van der Waals surface area contributed by atoms with E-state index in [1.54, 1.807) is 30.3 Å². The van der Waals surface area contributed by atoms with Crippen molar-refractivity contribution in [1.29, 1.82) is 0 Å². The van der Waals surface area contributed by atoms with E-state index in [4.69, 9.17) is 11.6 Å². The minimum Gasteiger partial charge on any atom is -0.326 e. The molecule has 25 heavy (non-hydrogen) atoms. The third-order valence-electron chi connectivity index (χ3n) is 3.79. The number of nitrogens with zero attached hydrogens (tertiary/aromatic N) is 1. The summed E-state index contributed by atoms with van der Waals surface area (Å²) in [6, 6.07) is 12.4. The number of hydrogen-bond donors (Lipinski definition) is 1. The lowest BCUT2D eigenvalue weighted by molar-refractivity contribution is -0.116. The first-order valence-corrected chi connectivity index (χ1v) is 10.0. The van der Waals surface area contributed by atoms with Crippen molar-refractivity contribution >= 4 is 38.9 Å². The van der Waals surface area contributed by atoms with Crippen LogP contribution < -0.4 is 9.62 Å². The van der Waals surface area contributed by atoms with Gasteiger partial charge in [0, 0.05) is 23.7 Å². The fourth-order valence-electron chi connectivity index (χ4n) is 2.49. The number of aryl methyl sites for hydroxylation is 2. The highest BCUT2D eigenvalue weighted by atomic mass is 35.5. The lowest BCUT2D eigenvalue weighted by atomic mass is 10.2. The number of hydrogen-bond acceptors (Lipinski definition) is 3. The number of amides is 1. The average Bonchev–Trinajstić information content (AvgIpc) is 2.51. The summed E-state index contributed by atoms with van der Waals surface area (Å²) >= 11 is 5.90. The first-order valence-electron chi connectivity index (χ1n) is 7.78. The van der Waals surface area contributed by atoms with Gasteiger partial charge in [-0.1, -0.05) is 29.8 Å². The van der Waals surface area contributed by atoms with Gasteiger partial charge in [-0.3, -0.25) is 9.10 Å². The molecule has 1 amide bonds. The second-order valence-electron chi connectivity index (χ2n) is 5.88. The van der Waals surface area contributed by atoms with Gasteiger partial charge in [0.25, 0.3) is 0 Å². The van der Waals surface area contributed by atoms with Crippen LogP contribution in [0.4, 0.5) is 11.4 Å². The zero-order valence-electron chi connectivity index (χ0n) is 14.4. The summed E-state index contributed by atoms with van der Waals surface area (Å²) in [6.45, 7) is 3.75. The van der Waals surface area contributed by atoms with Crippen molar-refractivity contribution < 1.29 is 13.2 Å². The Morgan fingerprint density at radius 3 is 2.40 bits per heavy atom. The quantitative estimate of drug-likeness (QED) is 0.829. The van der Waals surface area contributed by atoms with E-state index in [-0.39, 0.29) is 18.9 Å². The molecule has 2 aromatic carbocycles. The third-order valence-corrected chi connectivity index (χ3v) is 5.20. The highest BCUT2D eigenvalue weighted by molar-refractivity contribution is 7.92. The Morgan fingerprint density at radius 2 is 1.80 bits per heavy atom. The van der Waals surface area contributed by atoms with Crippen LogP contribution in [0, 0.1) is 13.8 Å². The molecule has 0 atom stereocenters. The van der Waals surface area contributed by atoms with Crippen molar-refractivity contribution in [2.24, 2.45) is 0 Å². The summed E-state index contributed by atoms with van der Waals surface area (Å²) in [6.07, 6.45) is 1.18. The molecule has 0 radical (unpaired) electrons. The lowest BCUT2D eigenvalue weighted by Gasteiger charge is -2.24. The summed E-state index contributed by atoms with van der Waals surface area (Å²) in [4.78, 5) is 12.2. The minimum absolute atomic E-state index is 0.0451. The Hall–Kier alpha value is -2.05. The van der Waals surface area contributed by atoms with Gasteiger partial charge in [-0.2, -0.15) is 0 Å². The summed E-state index contributed by atoms with van der Waals surface area (Å²) in [5, 5.41) is 3.39. The third kappa shape index (κ3) is 5.21. The number of para-hydroxylation sites is 1. The van der Waals surface area contributed by atoms with Crippen molar-refractivity contribution in [2.45, 2.75) is 20.3 Å². The maximum Gasteiger partial charge on any atom is 0.232 e. The Labute approximate surface area is 153 Å². The van der Waals surface area contributed by atoms with Gasteiger partial charge in [0.1, 0.15) is 0 Å². The number of sulfonamides is 1. The summed E-state index contributed by atoms with van der Waals surface area (Å²) in [7, 11) is -3.49. The molecule has 0 aliphatic heterocycles. The predicted molar refractivity (Wildman–Crippen MR) is 103 cm³/mol. The molecule has 0 bridgehead atoms. The van der Waals surface area contributed by atoms with Crippen LogP contribution in [-0.4, -0.2) is 27.1 Å². The van der Waals surface area contributed by atoms with Crippen molar-refractivity contribution in [1.82, 2.24) is 0 Å². The van der Waals surface area contributed by atoms with E-state index in [1.807, 2.05) is 26.0 Å². The number of nitrogens with one attached hydrogen (secondary N) is 1. The van der Waals surface area contributed by atoms with E-state index >= 15 is 0 Å². The second-order valence-corrected chi connectivity index (χ2v) is 8.22. The van der Waals surface area contributed by atoms with Crippen LogP contribution in [0.5, 0.6) is 0 Å². The molecule has 0 aliphatic rings. The minimum atomic E-state index is -3.49. The van der Waals surface area contributed by atoms with Crippen molar-refractivity contribution in [2.75, 3.05) is 22.4 Å². The average molecular weight is 381 g/mol. The summed E-state index contributed by atoms with van der Waals surface area (Å²) in [5.41, 5.74) is 2.93. The van der Waals surface area contributed by atoms with E-state index in [9.17, 15) is 13.2 Å². The molecule has 0 aliphatic carbocycles. The molecule has 0 heterocycles. The van der Waals surface area contributed by atoms with E-state index in [2.05, 4.69) is 5.32 Å². The fraction of sp³-hybridized carbons (Fsp3) is 0.278. The molecular formula is C18H21ClN2O3S. The molecule has 0 fully saturated rings. The lowest BCUT2D eigenvalue weighted by Crippen LogP contribution is -2.33. The molecule has 0 saturated carbocycles. The number of carbonyl (C=O) groups is 1. The first-order chi connectivity index (χ1) is 11.7. The van der Waals surface area contributed by atoms with Gasteiger partial charge in [0.15, 0.2) is 0 Å². The summed E-state index contributed by atoms with van der Waals surface area (Å²) < 4.78 is 25.5. The van der Waals surface area contributed by atoms with Crippen molar-refractivity contribution in [3.05, 3.63) is 58.6 Å². The molecule has 0 spiro atoms. The van der Waals surface area contributed by atoms with Crippen LogP contribution in [0.25, 0.3) is 0 Å². The zero-order valence-corrected chi connectivity index (χ0v) is 16.0. The topological polar surface area (TPSA) is 66.5 Å². The van der Waals surface area contributed by atoms with Gasteiger partial charge >= 0.3 is 0 Å². The molecule has 1 N–H and O–H groups in total. The normalized spacial score (nSPS) is 11.2. The van der Waals surface area contributed by atoms with Gasteiger partial charge < -0.3 is 5.32 Å². The molecule has 5 nitrogen and oxygen atoms in total. The number of carbonyl (C=O) groups excluding carboxylic acids is 1. The Kier molecular flexibility index (Phi) is 6.08. The maximum absolute atomic E-state index is 12.2. The molecular weight excluding hydrogens is 360 g/mol. The highest BCUT2D eigenvalue weighted by Crippen LogP contribution is 2.23. The molecule has 0 saturated heterocycles. The van der Waals surface area contributed by atoms with Gasteiger partial charge in [0.2, 0.25) is 15.9 Å². The van der Waals surface area contributed by atoms with Crippen molar-refractivity contribution in [3.63, 3.8) is 0 Å². The zero-order chi connectivity index (χ0) is 18.6. The van der Waals surface area contributed by atoms with Gasteiger partial charge in [0.05, 0.1) is 11.9 Å². The van der Waals surface area contributed by atoms with E-state index < -0.39 is 10.0 Å². The Morgan fingerprint density at radius 1 is 1.12 bits per heavy atom. The van der Waals surface area contributed by atoms with Gasteiger partial charge in [-0.25, -0.2) is 8.42 Å². The molecule has 0 aromatic heterocycles. The summed E-state index contributed by atoms with van der Waals surface area (Å²) in [5.74, 6) is -0.257. The Bertz CT molecular complexity index is 882. The molecule has 134 valence electrons. The predicted octanol–water partition coefficient (Wildman–Crippen LogP) is 3.75. The molecule has 2 rings (SSSR count). The van der Waals surface area contributed by atoms with Crippen LogP contribution in [0.1, 0.15) is 17.5 Å². The number of anilines is 2. The van der Waals surface area contributed by atoms with E-state index in [0.29, 0.717) is 16.4 Å². The van der Waals surface area contributed by atoms with Crippen LogP contribution in [0.3, 0.4) is 0 Å². The Balaban J connectivity index is 2.11. The highest BCUT2D eigenvalue weighted by Gasteiger charge is 2.20. The largest absolute Gasteiger partial charge is 0.326 e. The van der Waals surface area contributed by atoms with Gasteiger partial charge in [-0.15, -0.1) is 0 Å². The number of benzene rings is 2. The monoisotopic (exact) mass is 380 g/mol. The van der Waals surface area contributed by atoms with Crippen LogP contribution in [0.15, 0.2) is 42.5 Å². The van der Waals surface area contributed by atoms with Gasteiger partial charge in [-0.05, 0) is 49.2 Å². The number of rotatable bonds is 6. The smallest absolute Gasteiger partial charge is 0.232 e. The number of halogens is 1. The SMILES string of the molecule is Cc1cc(Cl)ccc1NC(=O)CCN(c1ccccc1C)S(C)(=O)=O. The molecule has 2 aromatic rings. The fourth-order valence-corrected chi connectivity index (χ4v) is 3.70. The van der Waals surface area contributed by atoms with Crippen LogP contribution in [-0.2, 0) is 14.8 Å². The maximum atomic E-state index is 12.2. The van der Waals surface area contributed by atoms with E-state index in [1.165, 1.54) is 4.31 Å². The van der Waals surface area contributed by atoms with Crippen LogP contribution >= 0.6 is 11.6 Å². The second kappa shape index (κ2) is 7.89.